The van der Waals surface area contributed by atoms with Gasteiger partial charge in [0.15, 0.2) is 4.77 Å². The van der Waals surface area contributed by atoms with Crippen LogP contribution in [0.5, 0.6) is 0 Å². The number of nitrogens with zero attached hydrogens (tertiary/aromatic N) is 1. The van der Waals surface area contributed by atoms with E-state index in [1.165, 1.54) is 31.7 Å². The van der Waals surface area contributed by atoms with Gasteiger partial charge in [-0.2, -0.15) is 0 Å². The van der Waals surface area contributed by atoms with Crippen molar-refractivity contribution in [3.8, 4) is 0 Å². The van der Waals surface area contributed by atoms with E-state index >= 15 is 0 Å². The van der Waals surface area contributed by atoms with Crippen LogP contribution in [0.3, 0.4) is 0 Å². The van der Waals surface area contributed by atoms with Gasteiger partial charge < -0.3 is 14.3 Å². The summed E-state index contributed by atoms with van der Waals surface area (Å²) >= 11 is 5.32. The van der Waals surface area contributed by atoms with Crippen molar-refractivity contribution in [3.63, 3.8) is 0 Å². The van der Waals surface area contributed by atoms with E-state index in [-0.39, 0.29) is 5.82 Å². The van der Waals surface area contributed by atoms with Gasteiger partial charge in [-0.1, -0.05) is 12.8 Å². The van der Waals surface area contributed by atoms with Crippen LogP contribution in [-0.4, -0.2) is 22.3 Å². The molecule has 20 heavy (non-hydrogen) atoms. The fourth-order valence-electron chi connectivity index (χ4n) is 2.87. The fraction of sp³-hybridized carbons (Fsp3) is 0.533. The summed E-state index contributed by atoms with van der Waals surface area (Å²) in [5, 5.41) is 0. The van der Waals surface area contributed by atoms with Crippen LogP contribution in [-0.2, 0) is 11.3 Å². The number of ether oxygens (including phenoxy) is 1. The number of nitrogens with one attached hydrogen (secondary N) is 1. The van der Waals surface area contributed by atoms with Gasteiger partial charge in [-0.3, -0.25) is 0 Å². The van der Waals surface area contributed by atoms with Gasteiger partial charge in [0, 0.05) is 6.54 Å². The maximum absolute atomic E-state index is 13.6. The molecule has 0 atom stereocenters. The summed E-state index contributed by atoms with van der Waals surface area (Å²) in [4.78, 5) is 3.06. The second kappa shape index (κ2) is 5.66. The Morgan fingerprint density at radius 2 is 2.15 bits per heavy atom. The number of imidazole rings is 1. The number of hydrogen-bond acceptors (Lipinski definition) is 2. The van der Waals surface area contributed by atoms with Crippen LogP contribution in [0.15, 0.2) is 12.1 Å². The average Bonchev–Trinajstić information content (AvgIpc) is 3.01. The van der Waals surface area contributed by atoms with E-state index in [0.717, 1.165) is 11.0 Å². The molecule has 0 amide bonds. The summed E-state index contributed by atoms with van der Waals surface area (Å²) < 4.78 is 22.1. The highest BCUT2D eigenvalue weighted by molar-refractivity contribution is 7.71. The quantitative estimate of drug-likeness (QED) is 0.860. The van der Waals surface area contributed by atoms with Gasteiger partial charge in [0.05, 0.1) is 23.7 Å². The number of benzene rings is 1. The normalized spacial score (nSPS) is 16.3. The second-order valence-corrected chi connectivity index (χ2v) is 5.86. The van der Waals surface area contributed by atoms with E-state index in [0.29, 0.717) is 29.6 Å². The number of aryl methyl sites for hydroxylation is 1. The number of aromatic nitrogens is 2. The molecule has 3 nitrogen and oxygen atoms in total. The molecule has 5 heteroatoms. The zero-order valence-corrected chi connectivity index (χ0v) is 12.4. The smallest absolute Gasteiger partial charge is 0.178 e. The second-order valence-electron chi connectivity index (χ2n) is 5.48. The number of hydrogen-bond donors (Lipinski definition) is 1. The Morgan fingerprint density at radius 3 is 2.90 bits per heavy atom. The summed E-state index contributed by atoms with van der Waals surface area (Å²) in [6.07, 6.45) is 5.30. The molecule has 0 aliphatic heterocycles. The topological polar surface area (TPSA) is 29.9 Å². The van der Waals surface area contributed by atoms with E-state index in [2.05, 4.69) is 4.98 Å². The molecular formula is C15H19FN2OS. The molecule has 0 unspecified atom stereocenters. The molecular weight excluding hydrogens is 275 g/mol. The zero-order valence-electron chi connectivity index (χ0n) is 11.6. The minimum atomic E-state index is -0.205. The van der Waals surface area contributed by atoms with Crippen molar-refractivity contribution in [2.24, 2.45) is 0 Å². The minimum absolute atomic E-state index is 0.205. The number of rotatable bonds is 4. The molecule has 1 aliphatic carbocycles. The van der Waals surface area contributed by atoms with Crippen LogP contribution >= 0.6 is 12.2 Å². The van der Waals surface area contributed by atoms with Crippen LogP contribution in [0, 0.1) is 17.5 Å². The Hall–Kier alpha value is -1.20. The summed E-state index contributed by atoms with van der Waals surface area (Å²) in [7, 11) is 0. The van der Waals surface area contributed by atoms with Crippen LogP contribution in [0.1, 0.15) is 31.2 Å². The molecule has 0 radical (unpaired) electrons. The first-order valence-corrected chi connectivity index (χ1v) is 7.56. The van der Waals surface area contributed by atoms with Crippen molar-refractivity contribution < 1.29 is 9.13 Å². The lowest BCUT2D eigenvalue weighted by atomic mass is 10.2. The Morgan fingerprint density at radius 1 is 1.40 bits per heavy atom. The van der Waals surface area contributed by atoms with Gasteiger partial charge in [0.2, 0.25) is 0 Å². The maximum Gasteiger partial charge on any atom is 0.178 e. The van der Waals surface area contributed by atoms with Crippen molar-refractivity contribution >= 4 is 23.3 Å². The molecule has 1 saturated carbocycles. The van der Waals surface area contributed by atoms with Crippen LogP contribution < -0.4 is 0 Å². The lowest BCUT2D eigenvalue weighted by Gasteiger charge is -2.11. The first-order valence-electron chi connectivity index (χ1n) is 7.15. The summed E-state index contributed by atoms with van der Waals surface area (Å²) in [5.74, 6) is -0.205. The molecule has 1 aliphatic rings. The van der Waals surface area contributed by atoms with E-state index in [4.69, 9.17) is 17.0 Å². The maximum atomic E-state index is 13.6. The van der Waals surface area contributed by atoms with Crippen molar-refractivity contribution in [1.82, 2.24) is 9.55 Å². The number of halogens is 1. The summed E-state index contributed by atoms with van der Waals surface area (Å²) in [6.45, 7) is 3.13. The molecule has 0 saturated heterocycles. The molecule has 1 N–H and O–H groups in total. The fourth-order valence-corrected chi connectivity index (χ4v) is 3.17. The molecule has 3 rings (SSSR count). The van der Waals surface area contributed by atoms with Gasteiger partial charge in [-0.15, -0.1) is 0 Å². The minimum Gasteiger partial charge on any atom is -0.376 e. The van der Waals surface area contributed by atoms with E-state index in [1.807, 2.05) is 10.6 Å². The number of H-pyrrole nitrogens is 1. The summed E-state index contributed by atoms with van der Waals surface area (Å²) in [5.41, 5.74) is 2.33. The van der Waals surface area contributed by atoms with E-state index in [1.54, 1.807) is 6.92 Å². The SMILES string of the molecule is Cc1cc2c(cc1F)[nH]c(=S)n2CCOC1CCCC1. The third kappa shape index (κ3) is 2.65. The van der Waals surface area contributed by atoms with Crippen LogP contribution in [0.2, 0.25) is 0 Å². The molecule has 0 bridgehead atoms. The van der Waals surface area contributed by atoms with Gasteiger partial charge in [0.1, 0.15) is 5.82 Å². The van der Waals surface area contributed by atoms with E-state index < -0.39 is 0 Å². The van der Waals surface area contributed by atoms with E-state index in [9.17, 15) is 4.39 Å². The molecule has 1 aromatic heterocycles. The predicted octanol–water partition coefficient (Wildman–Crippen LogP) is 4.11. The third-order valence-corrected chi connectivity index (χ3v) is 4.35. The molecule has 0 spiro atoms. The molecule has 1 aromatic carbocycles. The Labute approximate surface area is 122 Å². The highest BCUT2D eigenvalue weighted by Gasteiger charge is 2.15. The lowest BCUT2D eigenvalue weighted by molar-refractivity contribution is 0.0533. The predicted molar refractivity (Wildman–Crippen MR) is 80.0 cm³/mol. The van der Waals surface area contributed by atoms with Gasteiger partial charge in [-0.25, -0.2) is 4.39 Å². The standard InChI is InChI=1S/C15H19FN2OS/c1-10-8-14-13(9-12(10)16)17-15(20)18(14)6-7-19-11-4-2-3-5-11/h8-9,11H,2-7H2,1H3,(H,17,20). The first-order chi connectivity index (χ1) is 9.65. The molecule has 108 valence electrons. The first kappa shape index (κ1) is 13.8. The van der Waals surface area contributed by atoms with Crippen molar-refractivity contribution in [2.75, 3.05) is 6.61 Å². The molecule has 1 fully saturated rings. The Bertz CT molecular complexity index is 670. The Kier molecular flexibility index (Phi) is 3.89. The Balaban J connectivity index is 1.78. The molecule has 2 aromatic rings. The third-order valence-electron chi connectivity index (χ3n) is 4.03. The number of fused-ring (bicyclic) bond motifs is 1. The average molecular weight is 294 g/mol. The summed E-state index contributed by atoms with van der Waals surface area (Å²) in [6, 6.07) is 3.35. The van der Waals surface area contributed by atoms with Crippen LogP contribution in [0.4, 0.5) is 4.39 Å². The monoisotopic (exact) mass is 294 g/mol. The van der Waals surface area contributed by atoms with Gasteiger partial charge in [0.25, 0.3) is 0 Å². The highest BCUT2D eigenvalue weighted by atomic mass is 32.1. The largest absolute Gasteiger partial charge is 0.376 e. The van der Waals surface area contributed by atoms with Gasteiger partial charge in [-0.05, 0) is 49.7 Å². The van der Waals surface area contributed by atoms with Crippen molar-refractivity contribution in [2.45, 2.75) is 45.3 Å². The molecule has 1 heterocycles. The van der Waals surface area contributed by atoms with Gasteiger partial charge >= 0.3 is 0 Å². The van der Waals surface area contributed by atoms with Crippen molar-refractivity contribution in [3.05, 3.63) is 28.3 Å². The zero-order chi connectivity index (χ0) is 14.1. The van der Waals surface area contributed by atoms with Crippen LogP contribution in [0.25, 0.3) is 11.0 Å². The highest BCUT2D eigenvalue weighted by Crippen LogP contribution is 2.22. The van der Waals surface area contributed by atoms with Crippen molar-refractivity contribution in [1.29, 1.82) is 0 Å². The lowest BCUT2D eigenvalue weighted by Crippen LogP contribution is -2.13. The number of aromatic amines is 1.